The molecule has 1 amide bonds. The Morgan fingerprint density at radius 3 is 2.90 bits per heavy atom. The number of nitrogens with zero attached hydrogens (tertiary/aromatic N) is 3. The van der Waals surface area contributed by atoms with Gasteiger partial charge in [0, 0.05) is 44.5 Å². The molecule has 0 spiro atoms. The Bertz CT molecular complexity index is 411. The molecule has 5 nitrogen and oxygen atoms in total. The lowest BCUT2D eigenvalue weighted by Crippen LogP contribution is -2.36. The molecule has 1 aliphatic rings. The van der Waals surface area contributed by atoms with E-state index in [1.807, 2.05) is 23.1 Å². The fourth-order valence-electron chi connectivity index (χ4n) is 2.52. The molecule has 5 heteroatoms. The molecule has 1 aromatic heterocycles. The fourth-order valence-corrected chi connectivity index (χ4v) is 2.52. The number of aliphatic hydroxyl groups excluding tert-OH is 1. The van der Waals surface area contributed by atoms with Gasteiger partial charge in [0.25, 0.3) is 0 Å². The number of aliphatic hydroxyl groups is 1. The Labute approximate surface area is 120 Å². The molecule has 0 unspecified atom stereocenters. The summed E-state index contributed by atoms with van der Waals surface area (Å²) >= 11 is 0. The summed E-state index contributed by atoms with van der Waals surface area (Å²) in [5, 5.41) is 8.97. The number of aromatic nitrogens is 1. The molecule has 1 aromatic rings. The molecule has 0 atom stereocenters. The number of rotatable bonds is 5. The second-order valence-corrected chi connectivity index (χ2v) is 5.12. The lowest BCUT2D eigenvalue weighted by Gasteiger charge is -2.21. The Morgan fingerprint density at radius 1 is 1.25 bits per heavy atom. The van der Waals surface area contributed by atoms with Crippen LogP contribution >= 0.6 is 0 Å². The molecule has 1 fully saturated rings. The normalized spacial score (nSPS) is 16.9. The highest BCUT2D eigenvalue weighted by atomic mass is 16.3. The van der Waals surface area contributed by atoms with Crippen LogP contribution in [0.4, 0.5) is 0 Å². The molecule has 1 saturated heterocycles. The van der Waals surface area contributed by atoms with Gasteiger partial charge >= 0.3 is 0 Å². The number of β-amino-alcohol motifs (C(OH)–C–C–N with tert-alkyl or cyclic N) is 1. The van der Waals surface area contributed by atoms with Crippen LogP contribution in [0.5, 0.6) is 0 Å². The number of amides is 1. The summed E-state index contributed by atoms with van der Waals surface area (Å²) in [4.78, 5) is 20.6. The lowest BCUT2D eigenvalue weighted by atomic mass is 10.2. The van der Waals surface area contributed by atoms with E-state index in [9.17, 15) is 4.79 Å². The monoisotopic (exact) mass is 277 g/mol. The van der Waals surface area contributed by atoms with Crippen LogP contribution in [0.1, 0.15) is 18.5 Å². The van der Waals surface area contributed by atoms with E-state index in [-0.39, 0.29) is 12.5 Å². The maximum absolute atomic E-state index is 12.2. The first kappa shape index (κ1) is 14.9. The highest BCUT2D eigenvalue weighted by molar-refractivity contribution is 5.76. The van der Waals surface area contributed by atoms with E-state index >= 15 is 0 Å². The van der Waals surface area contributed by atoms with Crippen LogP contribution in [-0.4, -0.2) is 65.1 Å². The Kier molecular flexibility index (Phi) is 5.95. The number of pyridine rings is 1. The van der Waals surface area contributed by atoms with Gasteiger partial charge < -0.3 is 10.0 Å². The molecule has 2 heterocycles. The molecule has 0 saturated carbocycles. The lowest BCUT2D eigenvalue weighted by molar-refractivity contribution is -0.131. The zero-order chi connectivity index (χ0) is 14.2. The van der Waals surface area contributed by atoms with Gasteiger partial charge in [-0.3, -0.25) is 14.7 Å². The van der Waals surface area contributed by atoms with E-state index in [0.717, 1.165) is 38.3 Å². The van der Waals surface area contributed by atoms with Crippen LogP contribution in [0.15, 0.2) is 24.4 Å². The van der Waals surface area contributed by atoms with Crippen molar-refractivity contribution in [3.8, 4) is 0 Å². The van der Waals surface area contributed by atoms with Crippen LogP contribution < -0.4 is 0 Å². The van der Waals surface area contributed by atoms with Crippen molar-refractivity contribution in [2.24, 2.45) is 0 Å². The molecule has 0 radical (unpaired) electrons. The first-order valence-electron chi connectivity index (χ1n) is 7.30. The SMILES string of the molecule is O=C(CCc1ccccn1)N1CCCN(CCO)CC1. The molecule has 1 aliphatic heterocycles. The Morgan fingerprint density at radius 2 is 2.15 bits per heavy atom. The van der Waals surface area contributed by atoms with Crippen molar-refractivity contribution in [1.82, 2.24) is 14.8 Å². The summed E-state index contributed by atoms with van der Waals surface area (Å²) in [7, 11) is 0. The largest absolute Gasteiger partial charge is 0.395 e. The van der Waals surface area contributed by atoms with E-state index < -0.39 is 0 Å². The van der Waals surface area contributed by atoms with Crippen LogP contribution in [0, 0.1) is 0 Å². The van der Waals surface area contributed by atoms with Gasteiger partial charge in [0.2, 0.25) is 5.91 Å². The fraction of sp³-hybridized carbons (Fsp3) is 0.600. The molecule has 110 valence electrons. The summed E-state index contributed by atoms with van der Waals surface area (Å²) in [5.41, 5.74) is 0.970. The number of carbonyl (C=O) groups is 1. The average molecular weight is 277 g/mol. The van der Waals surface area contributed by atoms with Gasteiger partial charge in [0.05, 0.1) is 6.61 Å². The van der Waals surface area contributed by atoms with Crippen molar-refractivity contribution in [3.63, 3.8) is 0 Å². The quantitative estimate of drug-likeness (QED) is 0.853. The van der Waals surface area contributed by atoms with Crippen molar-refractivity contribution in [3.05, 3.63) is 30.1 Å². The van der Waals surface area contributed by atoms with Gasteiger partial charge in [-0.2, -0.15) is 0 Å². The summed E-state index contributed by atoms with van der Waals surface area (Å²) in [5.74, 6) is 0.210. The second kappa shape index (κ2) is 7.97. The molecule has 2 rings (SSSR count). The standard InChI is InChI=1S/C15H23N3O2/c19-13-12-17-8-3-9-18(11-10-17)15(20)6-5-14-4-1-2-7-16-14/h1-2,4,7,19H,3,5-6,8-13H2. The minimum Gasteiger partial charge on any atom is -0.395 e. The third-order valence-electron chi connectivity index (χ3n) is 3.68. The van der Waals surface area contributed by atoms with Crippen LogP contribution in [-0.2, 0) is 11.2 Å². The highest BCUT2D eigenvalue weighted by Crippen LogP contribution is 2.07. The first-order chi connectivity index (χ1) is 9.79. The molecule has 1 N–H and O–H groups in total. The predicted octanol–water partition coefficient (Wildman–Crippen LogP) is 0.541. The zero-order valence-corrected chi connectivity index (χ0v) is 11.9. The van der Waals surface area contributed by atoms with Gasteiger partial charge in [-0.05, 0) is 31.5 Å². The van der Waals surface area contributed by atoms with Gasteiger partial charge in [-0.25, -0.2) is 0 Å². The number of carbonyl (C=O) groups excluding carboxylic acids is 1. The molecule has 20 heavy (non-hydrogen) atoms. The first-order valence-corrected chi connectivity index (χ1v) is 7.30. The predicted molar refractivity (Wildman–Crippen MR) is 77.3 cm³/mol. The molecule has 0 aliphatic carbocycles. The maximum Gasteiger partial charge on any atom is 0.223 e. The van der Waals surface area contributed by atoms with E-state index in [0.29, 0.717) is 19.4 Å². The summed E-state index contributed by atoms with van der Waals surface area (Å²) in [6.07, 6.45) is 3.97. The zero-order valence-electron chi connectivity index (χ0n) is 11.9. The van der Waals surface area contributed by atoms with Crippen molar-refractivity contribution >= 4 is 5.91 Å². The smallest absolute Gasteiger partial charge is 0.223 e. The van der Waals surface area contributed by atoms with Crippen LogP contribution in [0.2, 0.25) is 0 Å². The molecular weight excluding hydrogens is 254 g/mol. The number of aryl methyl sites for hydroxylation is 1. The Hall–Kier alpha value is -1.46. The maximum atomic E-state index is 12.2. The van der Waals surface area contributed by atoms with E-state index in [1.54, 1.807) is 6.20 Å². The summed E-state index contributed by atoms with van der Waals surface area (Å²) in [6.45, 7) is 4.30. The van der Waals surface area contributed by atoms with Crippen molar-refractivity contribution in [2.75, 3.05) is 39.3 Å². The second-order valence-electron chi connectivity index (χ2n) is 5.12. The van der Waals surface area contributed by atoms with Gasteiger partial charge in [0.15, 0.2) is 0 Å². The van der Waals surface area contributed by atoms with Crippen molar-refractivity contribution < 1.29 is 9.90 Å². The summed E-state index contributed by atoms with van der Waals surface area (Å²) < 4.78 is 0. The third kappa shape index (κ3) is 4.58. The van der Waals surface area contributed by atoms with Crippen molar-refractivity contribution in [1.29, 1.82) is 0 Å². The average Bonchev–Trinajstić information content (AvgIpc) is 2.72. The summed E-state index contributed by atoms with van der Waals surface area (Å²) in [6, 6.07) is 5.79. The Balaban J connectivity index is 1.77. The number of hydrogen-bond acceptors (Lipinski definition) is 4. The topological polar surface area (TPSA) is 56.7 Å². The number of hydrogen-bond donors (Lipinski definition) is 1. The van der Waals surface area contributed by atoms with E-state index in [4.69, 9.17) is 5.11 Å². The highest BCUT2D eigenvalue weighted by Gasteiger charge is 2.18. The molecular formula is C15H23N3O2. The van der Waals surface area contributed by atoms with Gasteiger partial charge in [0.1, 0.15) is 0 Å². The van der Waals surface area contributed by atoms with E-state index in [2.05, 4.69) is 9.88 Å². The molecule has 0 bridgehead atoms. The molecule has 0 aromatic carbocycles. The van der Waals surface area contributed by atoms with E-state index in [1.165, 1.54) is 0 Å². The van der Waals surface area contributed by atoms with Crippen molar-refractivity contribution in [2.45, 2.75) is 19.3 Å². The van der Waals surface area contributed by atoms with Gasteiger partial charge in [-0.1, -0.05) is 6.07 Å². The van der Waals surface area contributed by atoms with Crippen LogP contribution in [0.25, 0.3) is 0 Å². The minimum atomic E-state index is 0.188. The van der Waals surface area contributed by atoms with Gasteiger partial charge in [-0.15, -0.1) is 0 Å². The van der Waals surface area contributed by atoms with Crippen LogP contribution in [0.3, 0.4) is 0 Å². The minimum absolute atomic E-state index is 0.188. The third-order valence-corrected chi connectivity index (χ3v) is 3.68.